The van der Waals surface area contributed by atoms with Crippen LogP contribution < -0.4 is 0 Å². The van der Waals surface area contributed by atoms with Gasteiger partial charge < -0.3 is 4.90 Å². The van der Waals surface area contributed by atoms with Gasteiger partial charge in [0, 0.05) is 0 Å². The molecule has 1 heterocycles. The zero-order valence-corrected chi connectivity index (χ0v) is 13.9. The normalized spacial score (nSPS) is 27.2. The molecule has 1 spiro atoms. The Bertz CT molecular complexity index is 293. The topological polar surface area (TPSA) is 3.24 Å². The van der Waals surface area contributed by atoms with Crippen molar-refractivity contribution in [1.82, 2.24) is 4.90 Å². The fourth-order valence-corrected chi connectivity index (χ4v) is 4.26. The minimum atomic E-state index is 0.570. The second kappa shape index (κ2) is 8.22. The quantitative estimate of drug-likeness (QED) is 0.524. The van der Waals surface area contributed by atoms with Crippen molar-refractivity contribution < 1.29 is 0 Å². The minimum Gasteiger partial charge on any atom is -0.306 e. The number of hydrogen-bond donors (Lipinski definition) is 0. The van der Waals surface area contributed by atoms with Gasteiger partial charge >= 0.3 is 0 Å². The Labute approximate surface area is 126 Å². The van der Waals surface area contributed by atoms with Crippen molar-refractivity contribution in [3.63, 3.8) is 0 Å². The van der Waals surface area contributed by atoms with Crippen molar-refractivity contribution in [1.29, 1.82) is 0 Å². The average Bonchev–Trinajstić information content (AvgIpc) is 2.53. The van der Waals surface area contributed by atoms with Gasteiger partial charge in [-0.25, -0.2) is 0 Å². The minimum absolute atomic E-state index is 0.570. The van der Waals surface area contributed by atoms with Crippen LogP contribution in [-0.2, 0) is 0 Å². The molecule has 0 amide bonds. The van der Waals surface area contributed by atoms with Crippen LogP contribution >= 0.6 is 0 Å². The third-order valence-electron chi connectivity index (χ3n) is 5.79. The summed E-state index contributed by atoms with van der Waals surface area (Å²) < 4.78 is 0. The van der Waals surface area contributed by atoms with E-state index in [1.807, 2.05) is 0 Å². The highest BCUT2D eigenvalue weighted by Gasteiger charge is 2.31. The van der Waals surface area contributed by atoms with E-state index in [1.165, 1.54) is 90.1 Å². The Hall–Kier alpha value is -0.300. The van der Waals surface area contributed by atoms with E-state index in [2.05, 4.69) is 24.9 Å². The van der Waals surface area contributed by atoms with Crippen molar-refractivity contribution in [2.45, 2.75) is 84.0 Å². The molecule has 0 aromatic rings. The van der Waals surface area contributed by atoms with E-state index in [4.69, 9.17) is 0 Å². The van der Waals surface area contributed by atoms with Gasteiger partial charge in [-0.15, -0.1) is 0 Å². The molecule has 0 radical (unpaired) electrons. The molecule has 0 aromatic carbocycles. The van der Waals surface area contributed by atoms with Crippen LogP contribution in [0.3, 0.4) is 0 Å². The van der Waals surface area contributed by atoms with Crippen molar-refractivity contribution in [2.75, 3.05) is 20.1 Å². The number of hydrogen-bond acceptors (Lipinski definition) is 1. The first-order valence-corrected chi connectivity index (χ1v) is 9.09. The SMILES string of the molecule is CC1=CCCCCCCC12CCCCN(C)CCCC2. The van der Waals surface area contributed by atoms with Gasteiger partial charge in [-0.05, 0) is 77.4 Å². The maximum atomic E-state index is 2.60. The molecule has 1 nitrogen and oxygen atoms in total. The summed E-state index contributed by atoms with van der Waals surface area (Å²) in [5.41, 5.74) is 2.31. The summed E-state index contributed by atoms with van der Waals surface area (Å²) in [6.45, 7) is 5.06. The van der Waals surface area contributed by atoms with Crippen molar-refractivity contribution in [3.8, 4) is 0 Å². The van der Waals surface area contributed by atoms with Crippen molar-refractivity contribution >= 4 is 0 Å². The van der Waals surface area contributed by atoms with E-state index in [9.17, 15) is 0 Å². The molecule has 2 aliphatic rings. The Morgan fingerprint density at radius 3 is 2.00 bits per heavy atom. The first-order valence-electron chi connectivity index (χ1n) is 9.09. The Morgan fingerprint density at radius 1 is 0.800 bits per heavy atom. The Balaban J connectivity index is 2.07. The number of rotatable bonds is 0. The molecule has 0 N–H and O–H groups in total. The molecule has 1 fully saturated rings. The second-order valence-electron chi connectivity index (χ2n) is 7.34. The molecular formula is C19H35N. The molecule has 1 saturated heterocycles. The fraction of sp³-hybridized carbons (Fsp3) is 0.895. The number of nitrogens with zero attached hydrogens (tertiary/aromatic N) is 1. The highest BCUT2D eigenvalue weighted by molar-refractivity contribution is 5.13. The molecule has 20 heavy (non-hydrogen) atoms. The molecule has 0 aromatic heterocycles. The summed E-state index contributed by atoms with van der Waals surface area (Å²) in [7, 11) is 2.29. The lowest BCUT2D eigenvalue weighted by Crippen LogP contribution is -2.27. The van der Waals surface area contributed by atoms with Crippen molar-refractivity contribution in [3.05, 3.63) is 11.6 Å². The van der Waals surface area contributed by atoms with Crippen LogP contribution in [0.4, 0.5) is 0 Å². The Kier molecular flexibility index (Phi) is 6.61. The Morgan fingerprint density at radius 2 is 1.35 bits per heavy atom. The van der Waals surface area contributed by atoms with Crippen LogP contribution in [0.2, 0.25) is 0 Å². The zero-order chi connectivity index (χ0) is 14.3. The largest absolute Gasteiger partial charge is 0.306 e. The molecule has 1 heteroatoms. The first-order chi connectivity index (χ1) is 9.73. The maximum Gasteiger partial charge on any atom is -0.00218 e. The van der Waals surface area contributed by atoms with Crippen LogP contribution in [0.1, 0.15) is 84.0 Å². The molecule has 1 aliphatic carbocycles. The predicted molar refractivity (Wildman–Crippen MR) is 89.1 cm³/mol. The molecule has 0 bridgehead atoms. The van der Waals surface area contributed by atoms with Crippen LogP contribution in [0.15, 0.2) is 11.6 Å². The summed E-state index contributed by atoms with van der Waals surface area (Å²) in [4.78, 5) is 2.53. The van der Waals surface area contributed by atoms with E-state index < -0.39 is 0 Å². The summed E-state index contributed by atoms with van der Waals surface area (Å²) >= 11 is 0. The smallest absolute Gasteiger partial charge is 0.00218 e. The van der Waals surface area contributed by atoms with E-state index in [1.54, 1.807) is 5.57 Å². The lowest BCUT2D eigenvalue weighted by Gasteiger charge is -2.37. The third-order valence-corrected chi connectivity index (χ3v) is 5.79. The summed E-state index contributed by atoms with van der Waals surface area (Å²) in [6, 6.07) is 0. The molecule has 0 saturated carbocycles. The van der Waals surface area contributed by atoms with Crippen molar-refractivity contribution in [2.24, 2.45) is 5.41 Å². The van der Waals surface area contributed by atoms with Gasteiger partial charge in [0.25, 0.3) is 0 Å². The highest BCUT2D eigenvalue weighted by Crippen LogP contribution is 2.44. The summed E-state index contributed by atoms with van der Waals surface area (Å²) in [5, 5.41) is 0. The lowest BCUT2D eigenvalue weighted by atomic mass is 9.69. The van der Waals surface area contributed by atoms with Crippen LogP contribution in [-0.4, -0.2) is 25.0 Å². The van der Waals surface area contributed by atoms with Gasteiger partial charge in [0.1, 0.15) is 0 Å². The summed E-state index contributed by atoms with van der Waals surface area (Å²) in [5.74, 6) is 0. The molecule has 1 aliphatic heterocycles. The average molecular weight is 277 g/mol. The predicted octanol–water partition coefficient (Wildman–Crippen LogP) is 5.56. The molecule has 116 valence electrons. The standard InChI is InChI=1S/C19H35N/c1-18-12-6-4-3-5-7-13-19(18)14-8-10-16-20(2)17-11-9-15-19/h12H,3-11,13-17H2,1-2H3. The maximum absolute atomic E-state index is 2.60. The van der Waals surface area contributed by atoms with Gasteiger partial charge in [-0.1, -0.05) is 43.8 Å². The van der Waals surface area contributed by atoms with Gasteiger partial charge in [0.2, 0.25) is 0 Å². The third kappa shape index (κ3) is 4.62. The fourth-order valence-electron chi connectivity index (χ4n) is 4.26. The summed E-state index contributed by atoms with van der Waals surface area (Å²) in [6.07, 6.45) is 19.7. The molecule has 0 unspecified atom stereocenters. The van der Waals surface area contributed by atoms with Crippen LogP contribution in [0.25, 0.3) is 0 Å². The van der Waals surface area contributed by atoms with Crippen LogP contribution in [0.5, 0.6) is 0 Å². The van der Waals surface area contributed by atoms with E-state index in [-0.39, 0.29) is 0 Å². The molecule has 0 atom stereocenters. The van der Waals surface area contributed by atoms with E-state index >= 15 is 0 Å². The van der Waals surface area contributed by atoms with Gasteiger partial charge in [-0.2, -0.15) is 0 Å². The van der Waals surface area contributed by atoms with E-state index in [0.29, 0.717) is 5.41 Å². The number of allylic oxidation sites excluding steroid dienone is 2. The van der Waals surface area contributed by atoms with Gasteiger partial charge in [0.15, 0.2) is 0 Å². The molecular weight excluding hydrogens is 242 g/mol. The lowest BCUT2D eigenvalue weighted by molar-refractivity contribution is 0.219. The van der Waals surface area contributed by atoms with Gasteiger partial charge in [0.05, 0.1) is 0 Å². The van der Waals surface area contributed by atoms with Crippen LogP contribution in [0, 0.1) is 5.41 Å². The highest BCUT2D eigenvalue weighted by atomic mass is 15.1. The first kappa shape index (κ1) is 16.1. The second-order valence-corrected chi connectivity index (χ2v) is 7.34. The van der Waals surface area contributed by atoms with E-state index in [0.717, 1.165) is 0 Å². The zero-order valence-electron chi connectivity index (χ0n) is 13.9. The molecule has 2 rings (SSSR count). The monoisotopic (exact) mass is 277 g/mol. The van der Waals surface area contributed by atoms with Gasteiger partial charge in [-0.3, -0.25) is 0 Å².